The molecule has 0 radical (unpaired) electrons. The van der Waals surface area contributed by atoms with Crippen LogP contribution in [0.2, 0.25) is 0 Å². The molecule has 0 aliphatic rings. The van der Waals surface area contributed by atoms with E-state index in [1.165, 1.54) is 0 Å². The summed E-state index contributed by atoms with van der Waals surface area (Å²) < 4.78 is 0. The van der Waals surface area contributed by atoms with Gasteiger partial charge in [-0.3, -0.25) is 4.99 Å². The fourth-order valence-corrected chi connectivity index (χ4v) is 0.179. The highest BCUT2D eigenvalue weighted by atomic mass is 16.3. The van der Waals surface area contributed by atoms with Gasteiger partial charge in [0.05, 0.1) is 13.2 Å². The van der Waals surface area contributed by atoms with Gasteiger partial charge >= 0.3 is 0 Å². The molecule has 0 aromatic rings. The monoisotopic (exact) mass is 103 g/mol. The molecule has 0 unspecified atom stereocenters. The maximum atomic E-state index is 8.10. The predicted octanol–water partition coefficient (Wildman–Crippen LogP) is -1.75. The van der Waals surface area contributed by atoms with Gasteiger partial charge in [-0.15, -0.1) is 0 Å². The lowest BCUT2D eigenvalue weighted by molar-refractivity contribution is 0.307. The Morgan fingerprint density at radius 1 is 1.57 bits per heavy atom. The van der Waals surface area contributed by atoms with E-state index in [0.29, 0.717) is 6.54 Å². The average Bonchev–Trinajstić information content (AvgIpc) is 1.61. The summed E-state index contributed by atoms with van der Waals surface area (Å²) in [7, 11) is 0. The highest BCUT2D eigenvalue weighted by Gasteiger charge is 1.75. The van der Waals surface area contributed by atoms with Crippen LogP contribution >= 0.6 is 0 Å². The number of aliphatic imine (C=N–C) groups is 1. The lowest BCUT2D eigenvalue weighted by Crippen LogP contribution is -2.23. The molecule has 0 saturated heterocycles. The van der Waals surface area contributed by atoms with Crippen LogP contribution in [0, 0.1) is 0 Å². The van der Waals surface area contributed by atoms with Crippen LogP contribution in [0.4, 0.5) is 0 Å². The van der Waals surface area contributed by atoms with E-state index in [0.717, 1.165) is 0 Å². The first-order valence-corrected chi connectivity index (χ1v) is 1.93. The van der Waals surface area contributed by atoms with E-state index in [4.69, 9.17) is 16.6 Å². The zero-order valence-corrected chi connectivity index (χ0v) is 3.96. The Labute approximate surface area is 41.8 Å². The van der Waals surface area contributed by atoms with Crippen LogP contribution < -0.4 is 11.5 Å². The van der Waals surface area contributed by atoms with Gasteiger partial charge in [-0.25, -0.2) is 0 Å². The van der Waals surface area contributed by atoms with Crippen LogP contribution in [-0.4, -0.2) is 24.2 Å². The first kappa shape index (κ1) is 6.23. The molecule has 0 aromatic heterocycles. The zero-order valence-electron chi connectivity index (χ0n) is 3.96. The summed E-state index contributed by atoms with van der Waals surface area (Å²) in [5.74, 6) is 0.0223. The molecule has 7 heavy (non-hydrogen) atoms. The lowest BCUT2D eigenvalue weighted by atomic mass is 10.7. The average molecular weight is 103 g/mol. The van der Waals surface area contributed by atoms with Crippen LogP contribution in [-0.2, 0) is 0 Å². The van der Waals surface area contributed by atoms with E-state index < -0.39 is 0 Å². The molecule has 0 rings (SSSR count). The van der Waals surface area contributed by atoms with E-state index in [1.54, 1.807) is 0 Å². The van der Waals surface area contributed by atoms with Crippen molar-refractivity contribution >= 4 is 5.96 Å². The van der Waals surface area contributed by atoms with Crippen molar-refractivity contribution in [3.63, 3.8) is 0 Å². The molecule has 0 fully saturated rings. The second kappa shape index (κ2) is 3.42. The SMILES string of the molecule is NC(N)=NCCO. The quantitative estimate of drug-likeness (QED) is 0.286. The van der Waals surface area contributed by atoms with Crippen molar-refractivity contribution in [2.24, 2.45) is 16.5 Å². The van der Waals surface area contributed by atoms with E-state index in [9.17, 15) is 0 Å². The topological polar surface area (TPSA) is 84.6 Å². The van der Waals surface area contributed by atoms with E-state index in [1.807, 2.05) is 0 Å². The van der Waals surface area contributed by atoms with Gasteiger partial charge in [0.25, 0.3) is 0 Å². The summed E-state index contributed by atoms with van der Waals surface area (Å²) in [6, 6.07) is 0. The molecule has 4 nitrogen and oxygen atoms in total. The Morgan fingerprint density at radius 3 is 2.29 bits per heavy atom. The van der Waals surface area contributed by atoms with Crippen molar-refractivity contribution < 1.29 is 5.11 Å². The minimum Gasteiger partial charge on any atom is -0.394 e. The third-order valence-corrected chi connectivity index (χ3v) is 0.394. The molecule has 0 amide bonds. The van der Waals surface area contributed by atoms with E-state index in [-0.39, 0.29) is 12.6 Å². The summed E-state index contributed by atoms with van der Waals surface area (Å²) >= 11 is 0. The molecule has 4 heteroatoms. The molecule has 0 bridgehead atoms. The van der Waals surface area contributed by atoms with Gasteiger partial charge in [0.2, 0.25) is 0 Å². The van der Waals surface area contributed by atoms with Crippen molar-refractivity contribution in [1.29, 1.82) is 0 Å². The lowest BCUT2D eigenvalue weighted by Gasteiger charge is -1.86. The number of nitrogens with two attached hydrogens (primary N) is 2. The summed E-state index contributed by atoms with van der Waals surface area (Å²) in [6.07, 6.45) is 0. The molecular weight excluding hydrogens is 94.1 g/mol. The molecule has 5 N–H and O–H groups in total. The third-order valence-electron chi connectivity index (χ3n) is 0.394. The first-order valence-electron chi connectivity index (χ1n) is 1.93. The Hall–Kier alpha value is -0.770. The molecule has 0 saturated carbocycles. The van der Waals surface area contributed by atoms with Crippen LogP contribution in [0.5, 0.6) is 0 Å². The molecule has 0 spiro atoms. The smallest absolute Gasteiger partial charge is 0.185 e. The maximum absolute atomic E-state index is 8.10. The van der Waals surface area contributed by atoms with Gasteiger partial charge in [-0.2, -0.15) is 0 Å². The van der Waals surface area contributed by atoms with Crippen LogP contribution in [0.3, 0.4) is 0 Å². The van der Waals surface area contributed by atoms with Gasteiger partial charge in [0.1, 0.15) is 0 Å². The largest absolute Gasteiger partial charge is 0.394 e. The highest BCUT2D eigenvalue weighted by Crippen LogP contribution is 1.61. The van der Waals surface area contributed by atoms with Crippen molar-refractivity contribution in [1.82, 2.24) is 0 Å². The molecule has 42 valence electrons. The Balaban J connectivity index is 3.08. The van der Waals surface area contributed by atoms with Crippen molar-refractivity contribution in [2.45, 2.75) is 0 Å². The summed E-state index contributed by atoms with van der Waals surface area (Å²) in [5, 5.41) is 8.10. The standard InChI is InChI=1S/C3H9N3O/c4-3(5)6-1-2-7/h7H,1-2H2,(H4,4,5,6). The zero-order chi connectivity index (χ0) is 5.70. The van der Waals surface area contributed by atoms with Gasteiger partial charge in [-0.05, 0) is 0 Å². The fraction of sp³-hybridized carbons (Fsp3) is 0.667. The normalized spacial score (nSPS) is 8.14. The highest BCUT2D eigenvalue weighted by molar-refractivity contribution is 5.75. The number of hydrogen-bond acceptors (Lipinski definition) is 2. The number of aliphatic hydroxyl groups is 1. The number of nitrogens with zero attached hydrogens (tertiary/aromatic N) is 1. The van der Waals surface area contributed by atoms with E-state index >= 15 is 0 Å². The van der Waals surface area contributed by atoms with Crippen molar-refractivity contribution in [2.75, 3.05) is 13.2 Å². The van der Waals surface area contributed by atoms with Crippen molar-refractivity contribution in [3.05, 3.63) is 0 Å². The number of hydrogen-bond donors (Lipinski definition) is 3. The first-order chi connectivity index (χ1) is 3.27. The third kappa shape index (κ3) is 5.23. The molecule has 0 aliphatic carbocycles. The Kier molecular flexibility index (Phi) is 3.04. The predicted molar refractivity (Wildman–Crippen MR) is 27.8 cm³/mol. The second-order valence-corrected chi connectivity index (χ2v) is 1.03. The van der Waals surface area contributed by atoms with Gasteiger partial charge in [0.15, 0.2) is 5.96 Å². The molecule has 0 atom stereocenters. The van der Waals surface area contributed by atoms with Crippen molar-refractivity contribution in [3.8, 4) is 0 Å². The minimum absolute atomic E-state index is 0.00208. The number of rotatable bonds is 2. The molecular formula is C3H9N3O. The van der Waals surface area contributed by atoms with Crippen LogP contribution in [0.15, 0.2) is 4.99 Å². The summed E-state index contributed by atoms with van der Waals surface area (Å²) in [6.45, 7) is 0.292. The number of aliphatic hydroxyl groups excluding tert-OH is 1. The number of guanidine groups is 1. The van der Waals surface area contributed by atoms with Gasteiger partial charge in [-0.1, -0.05) is 0 Å². The van der Waals surface area contributed by atoms with Gasteiger partial charge < -0.3 is 16.6 Å². The minimum atomic E-state index is -0.00208. The molecule has 0 aromatic carbocycles. The van der Waals surface area contributed by atoms with Crippen LogP contribution in [0.1, 0.15) is 0 Å². The Bertz CT molecular complexity index is 66.6. The maximum Gasteiger partial charge on any atom is 0.185 e. The van der Waals surface area contributed by atoms with Gasteiger partial charge in [0, 0.05) is 0 Å². The fourth-order valence-electron chi connectivity index (χ4n) is 0.179. The summed E-state index contributed by atoms with van der Waals surface area (Å²) in [5.41, 5.74) is 9.79. The Morgan fingerprint density at radius 2 is 2.14 bits per heavy atom. The summed E-state index contributed by atoms with van der Waals surface area (Å²) in [4.78, 5) is 3.47. The van der Waals surface area contributed by atoms with Crippen LogP contribution in [0.25, 0.3) is 0 Å². The molecule has 0 aliphatic heterocycles. The second-order valence-electron chi connectivity index (χ2n) is 1.03. The van der Waals surface area contributed by atoms with E-state index in [2.05, 4.69) is 4.99 Å². The molecule has 0 heterocycles.